The number of ketones is 2. The largest absolute Gasteiger partial charge is 0.462 e. The summed E-state index contributed by atoms with van der Waals surface area (Å²) in [6, 6.07) is 28.8. The van der Waals surface area contributed by atoms with Crippen LogP contribution in [-0.4, -0.2) is 24.1 Å². The Morgan fingerprint density at radius 3 is 1.56 bits per heavy atom. The number of carbonyl (C=O) groups excluding carboxylic acids is 3. The van der Waals surface area contributed by atoms with E-state index in [9.17, 15) is 19.6 Å². The number of nitriles is 1. The SMILES string of the molecule is CCOC(=O)c1c(C#N)c(C(=O)c2ccc(Br)cc2)c(-c2cccc(Cl)c2)c(-c2cccc(Cl)c2)c1C(=O)c1ccc(Br)cc1. The third-order valence-corrected chi connectivity index (χ3v) is 8.51. The predicted octanol–water partition coefficient (Wildman–Crippen LogP) is 10.4. The van der Waals surface area contributed by atoms with Gasteiger partial charge in [-0.1, -0.05) is 79.3 Å². The minimum absolute atomic E-state index is 0.0336. The number of halogens is 4. The van der Waals surface area contributed by atoms with Gasteiger partial charge in [-0.3, -0.25) is 9.59 Å². The number of nitrogens with zero attached hydrogens (tertiary/aromatic N) is 1. The van der Waals surface area contributed by atoms with Crippen molar-refractivity contribution in [2.24, 2.45) is 0 Å². The standard InChI is InChI=1S/C36H21Br2Cl2NO4/c1-2-45-36(44)32-28(19-41)31(34(42)20-9-13-24(37)14-10-20)29(22-5-3-7-26(39)17-22)30(23-6-4-8-27(40)18-23)33(32)35(43)21-11-15-25(38)16-12-21/h3-18H,2H2,1H3. The van der Waals surface area contributed by atoms with Gasteiger partial charge in [-0.2, -0.15) is 5.26 Å². The van der Waals surface area contributed by atoms with E-state index in [1.807, 2.05) is 0 Å². The Labute approximate surface area is 286 Å². The Hall–Kier alpha value is -4.06. The average Bonchev–Trinajstić information content (AvgIpc) is 3.03. The topological polar surface area (TPSA) is 84.2 Å². The second-order valence-electron chi connectivity index (χ2n) is 9.78. The summed E-state index contributed by atoms with van der Waals surface area (Å²) in [5.74, 6) is -2.01. The Morgan fingerprint density at radius 2 is 1.13 bits per heavy atom. The highest BCUT2D eigenvalue weighted by Crippen LogP contribution is 2.45. The predicted molar refractivity (Wildman–Crippen MR) is 183 cm³/mol. The first kappa shape index (κ1) is 32.3. The van der Waals surface area contributed by atoms with Crippen LogP contribution in [0, 0.1) is 11.3 Å². The second-order valence-corrected chi connectivity index (χ2v) is 12.5. The third-order valence-electron chi connectivity index (χ3n) is 6.98. The van der Waals surface area contributed by atoms with Gasteiger partial charge >= 0.3 is 5.97 Å². The van der Waals surface area contributed by atoms with Crippen molar-refractivity contribution in [1.82, 2.24) is 0 Å². The van der Waals surface area contributed by atoms with Crippen molar-refractivity contribution in [1.29, 1.82) is 5.26 Å². The molecule has 5 rings (SSSR count). The van der Waals surface area contributed by atoms with Crippen molar-refractivity contribution in [3.63, 3.8) is 0 Å². The zero-order chi connectivity index (χ0) is 32.2. The molecular formula is C36H21Br2Cl2NO4. The van der Waals surface area contributed by atoms with Crippen LogP contribution < -0.4 is 0 Å². The molecule has 45 heavy (non-hydrogen) atoms. The molecule has 0 amide bonds. The Kier molecular flexibility index (Phi) is 10.0. The summed E-state index contributed by atoms with van der Waals surface area (Å²) in [5.41, 5.74) is 1.11. The fourth-order valence-corrected chi connectivity index (χ4v) is 5.99. The Balaban J connectivity index is 2.07. The van der Waals surface area contributed by atoms with Crippen LogP contribution in [0.5, 0.6) is 0 Å². The number of rotatable bonds is 8. The van der Waals surface area contributed by atoms with Crippen LogP contribution in [0.1, 0.15) is 54.7 Å². The zero-order valence-corrected chi connectivity index (χ0v) is 28.2. The molecule has 0 saturated carbocycles. The summed E-state index contributed by atoms with van der Waals surface area (Å²) in [5, 5.41) is 11.4. The highest BCUT2D eigenvalue weighted by atomic mass is 79.9. The van der Waals surface area contributed by atoms with Crippen LogP contribution in [0.3, 0.4) is 0 Å². The molecule has 0 fully saturated rings. The molecule has 0 bridgehead atoms. The van der Waals surface area contributed by atoms with Crippen LogP contribution >= 0.6 is 55.1 Å². The van der Waals surface area contributed by atoms with Crippen molar-refractivity contribution in [3.05, 3.63) is 149 Å². The number of esters is 1. The first-order valence-electron chi connectivity index (χ1n) is 13.6. The summed E-state index contributed by atoms with van der Waals surface area (Å²) in [7, 11) is 0. The monoisotopic (exact) mass is 759 g/mol. The van der Waals surface area contributed by atoms with Crippen LogP contribution in [0.4, 0.5) is 0 Å². The number of hydrogen-bond acceptors (Lipinski definition) is 5. The number of hydrogen-bond donors (Lipinski definition) is 0. The van der Waals surface area contributed by atoms with Crippen LogP contribution in [0.2, 0.25) is 10.0 Å². The fourth-order valence-electron chi connectivity index (χ4n) is 5.08. The minimum Gasteiger partial charge on any atom is -0.462 e. The number of benzene rings is 5. The van der Waals surface area contributed by atoms with E-state index in [2.05, 4.69) is 37.9 Å². The van der Waals surface area contributed by atoms with Gasteiger partial charge < -0.3 is 4.74 Å². The van der Waals surface area contributed by atoms with E-state index in [-0.39, 0.29) is 51.1 Å². The maximum absolute atomic E-state index is 14.6. The lowest BCUT2D eigenvalue weighted by molar-refractivity contribution is 0.0523. The molecule has 0 aliphatic rings. The molecule has 0 unspecified atom stereocenters. The molecule has 222 valence electrons. The molecule has 0 atom stereocenters. The highest BCUT2D eigenvalue weighted by Gasteiger charge is 2.36. The van der Waals surface area contributed by atoms with E-state index in [1.54, 1.807) is 104 Å². The lowest BCUT2D eigenvalue weighted by atomic mass is 9.77. The van der Waals surface area contributed by atoms with Gasteiger partial charge in [-0.25, -0.2) is 4.79 Å². The first-order chi connectivity index (χ1) is 21.6. The van der Waals surface area contributed by atoms with E-state index in [0.29, 0.717) is 21.2 Å². The second kappa shape index (κ2) is 13.9. The molecule has 5 nitrogen and oxygen atoms in total. The quantitative estimate of drug-likeness (QED) is 0.116. The van der Waals surface area contributed by atoms with Gasteiger partial charge in [0.05, 0.1) is 17.7 Å². The normalized spacial score (nSPS) is 10.7. The molecule has 0 heterocycles. The number of ether oxygens (including phenoxy) is 1. The van der Waals surface area contributed by atoms with Crippen molar-refractivity contribution in [2.45, 2.75) is 6.92 Å². The van der Waals surface area contributed by atoms with Gasteiger partial charge in [0.15, 0.2) is 11.6 Å². The Bertz CT molecular complexity index is 2020. The molecule has 0 spiro atoms. The zero-order valence-electron chi connectivity index (χ0n) is 23.5. The van der Waals surface area contributed by atoms with Crippen LogP contribution in [0.25, 0.3) is 22.3 Å². The van der Waals surface area contributed by atoms with Crippen molar-refractivity contribution >= 4 is 72.6 Å². The molecule has 0 aliphatic carbocycles. The summed E-state index contributed by atoms with van der Waals surface area (Å²) in [6.07, 6.45) is 0. The fraction of sp³-hybridized carbons (Fsp3) is 0.0556. The molecular weight excluding hydrogens is 741 g/mol. The summed E-state index contributed by atoms with van der Waals surface area (Å²) in [4.78, 5) is 43.0. The van der Waals surface area contributed by atoms with Gasteiger partial charge in [0, 0.05) is 52.4 Å². The maximum Gasteiger partial charge on any atom is 0.340 e. The van der Waals surface area contributed by atoms with E-state index < -0.39 is 17.5 Å². The van der Waals surface area contributed by atoms with E-state index in [4.69, 9.17) is 27.9 Å². The smallest absolute Gasteiger partial charge is 0.340 e. The molecule has 0 aromatic heterocycles. The van der Waals surface area contributed by atoms with Gasteiger partial charge in [-0.15, -0.1) is 0 Å². The van der Waals surface area contributed by atoms with Crippen LogP contribution in [0.15, 0.2) is 106 Å². The summed E-state index contributed by atoms with van der Waals surface area (Å²) < 4.78 is 6.93. The van der Waals surface area contributed by atoms with Gasteiger partial charge in [0.1, 0.15) is 6.07 Å². The number of carbonyl (C=O) groups is 3. The molecule has 0 radical (unpaired) electrons. The Morgan fingerprint density at radius 1 is 0.689 bits per heavy atom. The highest BCUT2D eigenvalue weighted by molar-refractivity contribution is 9.10. The summed E-state index contributed by atoms with van der Waals surface area (Å²) >= 11 is 19.7. The minimum atomic E-state index is -0.916. The average molecular weight is 762 g/mol. The lowest BCUT2D eigenvalue weighted by Crippen LogP contribution is -2.21. The van der Waals surface area contributed by atoms with Gasteiger partial charge in [-0.05, 0) is 90.8 Å². The maximum atomic E-state index is 14.6. The molecule has 5 aromatic rings. The van der Waals surface area contributed by atoms with E-state index >= 15 is 0 Å². The lowest BCUT2D eigenvalue weighted by Gasteiger charge is -2.24. The van der Waals surface area contributed by atoms with Crippen molar-refractivity contribution < 1.29 is 19.1 Å². The van der Waals surface area contributed by atoms with E-state index in [0.717, 1.165) is 8.95 Å². The molecule has 9 heteroatoms. The van der Waals surface area contributed by atoms with Crippen molar-refractivity contribution in [3.8, 4) is 28.3 Å². The van der Waals surface area contributed by atoms with Gasteiger partial charge in [0.25, 0.3) is 0 Å². The molecule has 0 N–H and O–H groups in total. The van der Waals surface area contributed by atoms with Crippen LogP contribution in [-0.2, 0) is 4.74 Å². The van der Waals surface area contributed by atoms with Gasteiger partial charge in [0.2, 0.25) is 0 Å². The summed E-state index contributed by atoms with van der Waals surface area (Å²) in [6.45, 7) is 1.58. The van der Waals surface area contributed by atoms with E-state index in [1.165, 1.54) is 0 Å². The molecule has 0 aliphatic heterocycles. The first-order valence-corrected chi connectivity index (χ1v) is 15.9. The molecule has 0 saturated heterocycles. The third kappa shape index (κ3) is 6.66. The molecule has 5 aromatic carbocycles. The van der Waals surface area contributed by atoms with Crippen molar-refractivity contribution in [2.75, 3.05) is 6.61 Å².